The molecule has 0 saturated heterocycles. The third-order valence-electron chi connectivity index (χ3n) is 3.07. The minimum atomic E-state index is -0.500. The Hall–Kier alpha value is -3.07. The summed E-state index contributed by atoms with van der Waals surface area (Å²) in [4.78, 5) is 12.4. The topological polar surface area (TPSA) is 88.1 Å². The van der Waals surface area contributed by atoms with E-state index >= 15 is 0 Å². The second-order valence-corrected chi connectivity index (χ2v) is 4.75. The lowest BCUT2D eigenvalue weighted by molar-refractivity contribution is 0.0943. The van der Waals surface area contributed by atoms with Gasteiger partial charge in [0.1, 0.15) is 11.6 Å². The number of allylic oxidation sites excluding steroid dienone is 1. The zero-order chi connectivity index (χ0) is 16.3. The number of phenols is 1. The minimum absolute atomic E-state index is 0.0111. The maximum atomic E-state index is 12.4. The molecule has 0 radical (unpaired) electrons. The molecule has 6 heteroatoms. The van der Waals surface area contributed by atoms with E-state index in [1.165, 1.54) is 23.9 Å². The first-order valence-corrected chi connectivity index (χ1v) is 6.53. The van der Waals surface area contributed by atoms with E-state index in [0.717, 1.165) is 0 Å². The molecule has 0 saturated carbocycles. The number of aromatic nitrogens is 2. The van der Waals surface area contributed by atoms with Gasteiger partial charge in [-0.05, 0) is 43.7 Å². The van der Waals surface area contributed by atoms with Crippen molar-refractivity contribution < 1.29 is 14.6 Å². The van der Waals surface area contributed by atoms with Crippen LogP contribution in [0.3, 0.4) is 0 Å². The summed E-state index contributed by atoms with van der Waals surface area (Å²) in [6, 6.07) is 8.21. The Morgan fingerprint density at radius 3 is 2.68 bits per heavy atom. The molecule has 1 N–H and O–H groups in total. The molecule has 0 atom stereocenters. The van der Waals surface area contributed by atoms with Gasteiger partial charge in [-0.3, -0.25) is 4.79 Å². The number of carbonyl (C=O) groups is 1. The summed E-state index contributed by atoms with van der Waals surface area (Å²) < 4.78 is 6.20. The first kappa shape index (κ1) is 15.3. The Balaban J connectivity index is 2.42. The molecule has 1 aromatic carbocycles. The number of benzene rings is 1. The van der Waals surface area contributed by atoms with E-state index in [0.29, 0.717) is 17.0 Å². The first-order chi connectivity index (χ1) is 10.5. The molecule has 0 spiro atoms. The molecule has 0 aliphatic rings. The summed E-state index contributed by atoms with van der Waals surface area (Å²) in [5.41, 5.74) is 1.88. The zero-order valence-electron chi connectivity index (χ0n) is 12.5. The van der Waals surface area contributed by atoms with E-state index in [1.807, 2.05) is 6.07 Å². The molecule has 0 amide bonds. The molecule has 1 aromatic heterocycles. The van der Waals surface area contributed by atoms with Crippen molar-refractivity contribution in [1.29, 1.82) is 5.26 Å². The van der Waals surface area contributed by atoms with Gasteiger partial charge in [0, 0.05) is 5.69 Å². The number of hydrogen-bond acceptors (Lipinski definition) is 5. The third kappa shape index (κ3) is 2.99. The van der Waals surface area contributed by atoms with Crippen LogP contribution in [-0.2, 0) is 0 Å². The highest BCUT2D eigenvalue weighted by atomic mass is 16.5. The Morgan fingerprint density at radius 2 is 2.14 bits per heavy atom. The van der Waals surface area contributed by atoms with Gasteiger partial charge in [0.15, 0.2) is 11.5 Å². The number of carbonyl (C=O) groups excluding carboxylic acids is 1. The van der Waals surface area contributed by atoms with Crippen LogP contribution < -0.4 is 4.74 Å². The monoisotopic (exact) mass is 297 g/mol. The predicted molar refractivity (Wildman–Crippen MR) is 80.6 cm³/mol. The first-order valence-electron chi connectivity index (χ1n) is 6.53. The summed E-state index contributed by atoms with van der Waals surface area (Å²) >= 11 is 0. The van der Waals surface area contributed by atoms with Crippen LogP contribution in [0.2, 0.25) is 0 Å². The molecule has 6 nitrogen and oxygen atoms in total. The van der Waals surface area contributed by atoms with Crippen molar-refractivity contribution in [1.82, 2.24) is 9.78 Å². The molecule has 0 fully saturated rings. The van der Waals surface area contributed by atoms with E-state index in [2.05, 4.69) is 5.10 Å². The number of nitriles is 1. The number of aromatic hydroxyl groups is 1. The summed E-state index contributed by atoms with van der Waals surface area (Å²) in [7, 11) is 1.43. The molecule has 112 valence electrons. The van der Waals surface area contributed by atoms with E-state index in [9.17, 15) is 15.2 Å². The van der Waals surface area contributed by atoms with Gasteiger partial charge in [-0.15, -0.1) is 0 Å². The highest BCUT2D eigenvalue weighted by molar-refractivity contribution is 6.03. The molecule has 2 rings (SSSR count). The van der Waals surface area contributed by atoms with Crippen LogP contribution in [0.4, 0.5) is 0 Å². The highest BCUT2D eigenvalue weighted by Crippen LogP contribution is 2.27. The van der Waals surface area contributed by atoms with Crippen LogP contribution in [-0.4, -0.2) is 27.9 Å². The van der Waals surface area contributed by atoms with Gasteiger partial charge in [-0.1, -0.05) is 6.07 Å². The fourth-order valence-electron chi connectivity index (χ4n) is 2.04. The number of ether oxygens (including phenoxy) is 1. The van der Waals surface area contributed by atoms with Crippen LogP contribution in [0.5, 0.6) is 11.5 Å². The van der Waals surface area contributed by atoms with Gasteiger partial charge in [0.2, 0.25) is 0 Å². The molecule has 0 unspecified atom stereocenters. The van der Waals surface area contributed by atoms with E-state index in [1.54, 1.807) is 32.0 Å². The van der Waals surface area contributed by atoms with Gasteiger partial charge < -0.3 is 9.84 Å². The summed E-state index contributed by atoms with van der Waals surface area (Å²) in [6.07, 6.45) is 1.43. The lowest BCUT2D eigenvalue weighted by Crippen LogP contribution is -2.15. The normalized spacial score (nSPS) is 11.1. The molecular formula is C16H15N3O3. The van der Waals surface area contributed by atoms with Crippen LogP contribution in [0.15, 0.2) is 29.8 Å². The minimum Gasteiger partial charge on any atom is -0.504 e. The Labute approximate surface area is 127 Å². The van der Waals surface area contributed by atoms with Crippen molar-refractivity contribution in [2.45, 2.75) is 13.8 Å². The number of nitrogens with zero attached hydrogens (tertiary/aromatic N) is 3. The highest BCUT2D eigenvalue weighted by Gasteiger charge is 2.15. The lowest BCUT2D eigenvalue weighted by atomic mass is 10.1. The summed E-state index contributed by atoms with van der Waals surface area (Å²) in [5, 5.41) is 22.9. The smallest absolute Gasteiger partial charge is 0.289 e. The van der Waals surface area contributed by atoms with Crippen LogP contribution in [0.25, 0.3) is 6.08 Å². The Morgan fingerprint density at radius 1 is 1.41 bits per heavy atom. The van der Waals surface area contributed by atoms with E-state index in [4.69, 9.17) is 4.74 Å². The molecule has 22 heavy (non-hydrogen) atoms. The maximum Gasteiger partial charge on any atom is 0.289 e. The van der Waals surface area contributed by atoms with Gasteiger partial charge in [-0.25, -0.2) is 4.68 Å². The van der Waals surface area contributed by atoms with E-state index in [-0.39, 0.29) is 17.1 Å². The molecule has 0 aliphatic carbocycles. The summed E-state index contributed by atoms with van der Waals surface area (Å²) in [5.74, 6) is -0.243. The van der Waals surface area contributed by atoms with Gasteiger partial charge in [0.25, 0.3) is 5.91 Å². The molecule has 0 bridgehead atoms. The zero-order valence-corrected chi connectivity index (χ0v) is 12.5. The van der Waals surface area contributed by atoms with Gasteiger partial charge >= 0.3 is 0 Å². The van der Waals surface area contributed by atoms with Crippen LogP contribution in [0.1, 0.15) is 21.7 Å². The quantitative estimate of drug-likeness (QED) is 0.694. The lowest BCUT2D eigenvalue weighted by Gasteiger charge is -2.05. The van der Waals surface area contributed by atoms with Crippen molar-refractivity contribution in [3.63, 3.8) is 0 Å². The van der Waals surface area contributed by atoms with Gasteiger partial charge in [0.05, 0.1) is 12.8 Å². The molecule has 1 heterocycles. The van der Waals surface area contributed by atoms with Crippen molar-refractivity contribution in [2.75, 3.05) is 7.11 Å². The van der Waals surface area contributed by atoms with Crippen LogP contribution >= 0.6 is 0 Å². The van der Waals surface area contributed by atoms with Crippen molar-refractivity contribution in [3.8, 4) is 17.6 Å². The van der Waals surface area contributed by atoms with E-state index < -0.39 is 5.91 Å². The molecular weight excluding hydrogens is 282 g/mol. The van der Waals surface area contributed by atoms with Crippen LogP contribution in [0, 0.1) is 25.2 Å². The SMILES string of the molecule is COc1cc(/C=C(/C#N)C(=O)n2nc(C)cc2C)ccc1O. The Bertz CT molecular complexity index is 797. The number of phenolic OH excluding ortho intramolecular Hbond substituents is 1. The number of hydrogen-bond donors (Lipinski definition) is 1. The van der Waals surface area contributed by atoms with Gasteiger partial charge in [-0.2, -0.15) is 10.4 Å². The molecule has 0 aliphatic heterocycles. The number of methoxy groups -OCH3 is 1. The third-order valence-corrected chi connectivity index (χ3v) is 3.07. The van der Waals surface area contributed by atoms with Crippen molar-refractivity contribution in [3.05, 3.63) is 46.8 Å². The second-order valence-electron chi connectivity index (χ2n) is 4.75. The average Bonchev–Trinajstić information content (AvgIpc) is 2.84. The predicted octanol–water partition coefficient (Wildman–Crippen LogP) is 2.46. The standard InChI is InChI=1S/C16H15N3O3/c1-10-6-11(2)19(18-10)16(21)13(9-17)7-12-4-5-14(20)15(8-12)22-3/h4-8,20H,1-3H3/b13-7-. The molecule has 2 aromatic rings. The summed E-state index contributed by atoms with van der Waals surface area (Å²) in [6.45, 7) is 3.52. The Kier molecular flexibility index (Phi) is 4.28. The maximum absolute atomic E-state index is 12.4. The van der Waals surface area contributed by atoms with Crippen molar-refractivity contribution in [2.24, 2.45) is 0 Å². The largest absolute Gasteiger partial charge is 0.504 e. The fraction of sp³-hybridized carbons (Fsp3) is 0.188. The fourth-order valence-corrected chi connectivity index (χ4v) is 2.04. The number of aryl methyl sites for hydroxylation is 2. The average molecular weight is 297 g/mol. The number of rotatable bonds is 3. The van der Waals surface area contributed by atoms with Crippen molar-refractivity contribution >= 4 is 12.0 Å². The second kappa shape index (κ2) is 6.14.